The molecule has 3 rings (SSSR count). The van der Waals surface area contributed by atoms with Gasteiger partial charge in [0.15, 0.2) is 0 Å². The molecule has 15 heavy (non-hydrogen) atoms. The third-order valence-electron chi connectivity index (χ3n) is 3.73. The Bertz CT molecular complexity index is 383. The lowest BCUT2D eigenvalue weighted by atomic mass is 9.74. The summed E-state index contributed by atoms with van der Waals surface area (Å²) in [5, 5.41) is 7.75. The number of anilines is 1. The van der Waals surface area contributed by atoms with Crippen LogP contribution in [0.15, 0.2) is 18.2 Å². The quantitative estimate of drug-likeness (QED) is 0.705. The predicted molar refractivity (Wildman–Crippen MR) is 63.7 cm³/mol. The Hall–Kier alpha value is -0.730. The molecular formula is C12H15ClN2. The summed E-state index contributed by atoms with van der Waals surface area (Å²) in [5.41, 5.74) is 2.91. The van der Waals surface area contributed by atoms with Crippen LogP contribution >= 0.6 is 11.6 Å². The molecule has 1 saturated heterocycles. The van der Waals surface area contributed by atoms with Crippen molar-refractivity contribution in [1.29, 1.82) is 0 Å². The van der Waals surface area contributed by atoms with Gasteiger partial charge in [0.05, 0.1) is 10.7 Å². The maximum Gasteiger partial charge on any atom is 0.0640 e. The molecule has 2 nitrogen and oxygen atoms in total. The molecule has 0 amide bonds. The summed E-state index contributed by atoms with van der Waals surface area (Å²) in [6, 6.07) is 6.25. The van der Waals surface area contributed by atoms with Gasteiger partial charge in [-0.1, -0.05) is 23.7 Å². The van der Waals surface area contributed by atoms with E-state index in [1.807, 2.05) is 6.07 Å². The van der Waals surface area contributed by atoms with Gasteiger partial charge >= 0.3 is 0 Å². The second-order valence-electron chi connectivity index (χ2n) is 4.55. The van der Waals surface area contributed by atoms with E-state index in [1.165, 1.54) is 18.4 Å². The van der Waals surface area contributed by atoms with E-state index in [1.54, 1.807) is 0 Å². The molecular weight excluding hydrogens is 208 g/mol. The molecule has 1 atom stereocenters. The third kappa shape index (κ3) is 1.35. The molecule has 1 spiro atoms. The molecule has 1 unspecified atom stereocenters. The van der Waals surface area contributed by atoms with Crippen molar-refractivity contribution in [2.24, 2.45) is 0 Å². The Morgan fingerprint density at radius 1 is 1.20 bits per heavy atom. The van der Waals surface area contributed by atoms with Gasteiger partial charge < -0.3 is 10.6 Å². The molecule has 0 aliphatic carbocycles. The van der Waals surface area contributed by atoms with E-state index in [9.17, 15) is 0 Å². The lowest BCUT2D eigenvalue weighted by molar-refractivity contribution is 0.434. The summed E-state index contributed by atoms with van der Waals surface area (Å²) in [5.74, 6) is 0. The van der Waals surface area contributed by atoms with Crippen molar-refractivity contribution in [3.63, 3.8) is 0 Å². The average Bonchev–Trinajstić information content (AvgIpc) is 2.70. The molecule has 2 aliphatic heterocycles. The molecule has 3 heteroatoms. The maximum absolute atomic E-state index is 6.22. The minimum atomic E-state index is 0.339. The highest BCUT2D eigenvalue weighted by Crippen LogP contribution is 2.43. The highest BCUT2D eigenvalue weighted by atomic mass is 35.5. The van der Waals surface area contributed by atoms with Crippen LogP contribution in [0.25, 0.3) is 0 Å². The van der Waals surface area contributed by atoms with Gasteiger partial charge in [0, 0.05) is 18.5 Å². The molecule has 2 N–H and O–H groups in total. The van der Waals surface area contributed by atoms with Gasteiger partial charge in [0.25, 0.3) is 0 Å². The number of para-hydroxylation sites is 1. The Morgan fingerprint density at radius 2 is 2.07 bits per heavy atom. The van der Waals surface area contributed by atoms with Gasteiger partial charge in [0.1, 0.15) is 0 Å². The summed E-state index contributed by atoms with van der Waals surface area (Å²) in [4.78, 5) is 0. The van der Waals surface area contributed by atoms with Crippen molar-refractivity contribution in [2.45, 2.75) is 18.3 Å². The predicted octanol–water partition coefficient (Wildman–Crippen LogP) is 2.39. The van der Waals surface area contributed by atoms with Gasteiger partial charge in [-0.3, -0.25) is 0 Å². The first-order valence-corrected chi connectivity index (χ1v) is 5.93. The van der Waals surface area contributed by atoms with Gasteiger partial charge in [0.2, 0.25) is 0 Å². The van der Waals surface area contributed by atoms with Crippen molar-refractivity contribution in [1.82, 2.24) is 5.32 Å². The number of hydrogen-bond acceptors (Lipinski definition) is 2. The number of halogens is 1. The van der Waals surface area contributed by atoms with E-state index < -0.39 is 0 Å². The number of fused-ring (bicyclic) bond motifs is 2. The van der Waals surface area contributed by atoms with Gasteiger partial charge in [-0.05, 0) is 31.0 Å². The molecule has 2 aliphatic rings. The van der Waals surface area contributed by atoms with E-state index in [-0.39, 0.29) is 0 Å². The lowest BCUT2D eigenvalue weighted by Crippen LogP contribution is -2.36. The van der Waals surface area contributed by atoms with Crippen molar-refractivity contribution in [3.05, 3.63) is 28.8 Å². The number of rotatable bonds is 0. The van der Waals surface area contributed by atoms with Gasteiger partial charge in [-0.2, -0.15) is 0 Å². The van der Waals surface area contributed by atoms with Crippen LogP contribution in [0, 0.1) is 0 Å². The first-order chi connectivity index (χ1) is 7.32. The van der Waals surface area contributed by atoms with Crippen LogP contribution in [0.2, 0.25) is 5.02 Å². The molecule has 1 aromatic rings. The van der Waals surface area contributed by atoms with E-state index >= 15 is 0 Å². The van der Waals surface area contributed by atoms with Crippen molar-refractivity contribution >= 4 is 17.3 Å². The van der Waals surface area contributed by atoms with Crippen LogP contribution in [-0.2, 0) is 5.41 Å². The van der Waals surface area contributed by atoms with Crippen molar-refractivity contribution < 1.29 is 0 Å². The van der Waals surface area contributed by atoms with E-state index in [4.69, 9.17) is 11.6 Å². The fourth-order valence-corrected chi connectivity index (χ4v) is 3.14. The summed E-state index contributed by atoms with van der Waals surface area (Å²) < 4.78 is 0. The van der Waals surface area contributed by atoms with E-state index in [2.05, 4.69) is 22.8 Å². The van der Waals surface area contributed by atoms with Crippen molar-refractivity contribution in [3.8, 4) is 0 Å². The third-order valence-corrected chi connectivity index (χ3v) is 4.05. The summed E-state index contributed by atoms with van der Waals surface area (Å²) in [6.07, 6.45) is 2.45. The Morgan fingerprint density at radius 3 is 2.87 bits per heavy atom. The zero-order chi connectivity index (χ0) is 10.3. The molecule has 2 heterocycles. The molecule has 0 aromatic heterocycles. The summed E-state index contributed by atoms with van der Waals surface area (Å²) in [6.45, 7) is 3.27. The second kappa shape index (κ2) is 3.39. The SMILES string of the molecule is Clc1cccc2c1NCCC21CCNC1. The minimum absolute atomic E-state index is 0.339. The topological polar surface area (TPSA) is 24.1 Å². The zero-order valence-corrected chi connectivity index (χ0v) is 9.40. The zero-order valence-electron chi connectivity index (χ0n) is 8.65. The number of hydrogen-bond donors (Lipinski definition) is 2. The monoisotopic (exact) mass is 222 g/mol. The highest BCUT2D eigenvalue weighted by Gasteiger charge is 2.39. The van der Waals surface area contributed by atoms with Crippen molar-refractivity contribution in [2.75, 3.05) is 25.0 Å². The molecule has 0 radical (unpaired) electrons. The largest absolute Gasteiger partial charge is 0.384 e. The van der Waals surface area contributed by atoms with Crippen LogP contribution < -0.4 is 10.6 Å². The molecule has 1 fully saturated rings. The van der Waals surface area contributed by atoms with Crippen LogP contribution in [0.4, 0.5) is 5.69 Å². The van der Waals surface area contributed by atoms with E-state index in [0.29, 0.717) is 5.41 Å². The number of benzene rings is 1. The van der Waals surface area contributed by atoms with Crippen LogP contribution in [0.3, 0.4) is 0 Å². The fourth-order valence-electron chi connectivity index (χ4n) is 2.89. The molecule has 0 bridgehead atoms. The standard InChI is InChI=1S/C12H15ClN2/c13-10-3-1-2-9-11(10)15-7-5-12(9)4-6-14-8-12/h1-3,14-15H,4-8H2. The average molecular weight is 223 g/mol. The maximum atomic E-state index is 6.22. The summed E-state index contributed by atoms with van der Waals surface area (Å²) in [7, 11) is 0. The molecule has 1 aromatic carbocycles. The van der Waals surface area contributed by atoms with Gasteiger partial charge in [-0.15, -0.1) is 0 Å². The Labute approximate surface area is 95.0 Å². The smallest absolute Gasteiger partial charge is 0.0640 e. The second-order valence-corrected chi connectivity index (χ2v) is 4.95. The van der Waals surface area contributed by atoms with Crippen LogP contribution in [0.5, 0.6) is 0 Å². The fraction of sp³-hybridized carbons (Fsp3) is 0.500. The van der Waals surface area contributed by atoms with Crippen LogP contribution in [0.1, 0.15) is 18.4 Å². The Kier molecular flexibility index (Phi) is 2.15. The van der Waals surface area contributed by atoms with Gasteiger partial charge in [-0.25, -0.2) is 0 Å². The Balaban J connectivity index is 2.14. The molecule has 80 valence electrons. The first kappa shape index (κ1) is 9.49. The normalized spacial score (nSPS) is 28.9. The first-order valence-electron chi connectivity index (χ1n) is 5.55. The lowest BCUT2D eigenvalue weighted by Gasteiger charge is -2.36. The minimum Gasteiger partial charge on any atom is -0.384 e. The molecule has 0 saturated carbocycles. The number of nitrogens with one attached hydrogen (secondary N) is 2. The highest BCUT2D eigenvalue weighted by molar-refractivity contribution is 6.33. The van der Waals surface area contributed by atoms with E-state index in [0.717, 1.165) is 30.3 Å². The summed E-state index contributed by atoms with van der Waals surface area (Å²) >= 11 is 6.22. The van der Waals surface area contributed by atoms with Crippen LogP contribution in [-0.4, -0.2) is 19.6 Å².